The van der Waals surface area contributed by atoms with Gasteiger partial charge in [-0.15, -0.1) is 10.2 Å². The molecule has 1 amide bonds. The average Bonchev–Trinajstić information content (AvgIpc) is 3.49. The zero-order valence-electron chi connectivity index (χ0n) is 15.7. The number of aliphatic carboxylic acids is 1. The molecule has 1 unspecified atom stereocenters. The molecule has 1 aromatic carbocycles. The van der Waals surface area contributed by atoms with Crippen molar-refractivity contribution in [1.82, 2.24) is 24.6 Å². The highest BCUT2D eigenvalue weighted by Gasteiger charge is 2.38. The molecule has 1 aliphatic carbocycles. The Labute approximate surface area is 165 Å². The van der Waals surface area contributed by atoms with E-state index >= 15 is 0 Å². The Morgan fingerprint density at radius 2 is 2.00 bits per heavy atom. The number of hydrogen-bond acceptors (Lipinski definition) is 5. The molecule has 1 aliphatic heterocycles. The number of carbonyl (C=O) groups is 2. The standard InChI is InChI=1S/C20H18FN5O3/c1-10-23-24-18-9-26(17(20(28)29)8-25(10)18)19(27)14-7-16(11-2-3-11)22-15-5-4-12(21)6-13(14)15/h4-7,11,17H,2-3,8-9H2,1H3,(H,28,29). The Kier molecular flexibility index (Phi) is 3.87. The van der Waals surface area contributed by atoms with E-state index in [1.165, 1.54) is 17.0 Å². The Balaban J connectivity index is 1.63. The second-order valence-corrected chi connectivity index (χ2v) is 7.59. The molecule has 0 spiro atoms. The summed E-state index contributed by atoms with van der Waals surface area (Å²) in [5, 5.41) is 18.2. The van der Waals surface area contributed by atoms with Crippen LogP contribution in [0.1, 0.15) is 46.5 Å². The van der Waals surface area contributed by atoms with Crippen molar-refractivity contribution in [3.63, 3.8) is 0 Å². The lowest BCUT2D eigenvalue weighted by atomic mass is 10.0. The van der Waals surface area contributed by atoms with Gasteiger partial charge in [0.25, 0.3) is 5.91 Å². The van der Waals surface area contributed by atoms with Gasteiger partial charge in [0.2, 0.25) is 0 Å². The van der Waals surface area contributed by atoms with Crippen molar-refractivity contribution in [1.29, 1.82) is 0 Å². The lowest BCUT2D eigenvalue weighted by Crippen LogP contribution is -2.50. The Hall–Kier alpha value is -3.36. The predicted octanol–water partition coefficient (Wildman–Crippen LogP) is 2.26. The smallest absolute Gasteiger partial charge is 0.328 e. The van der Waals surface area contributed by atoms with Crippen LogP contribution >= 0.6 is 0 Å². The van der Waals surface area contributed by atoms with Crippen molar-refractivity contribution in [2.24, 2.45) is 0 Å². The van der Waals surface area contributed by atoms with Gasteiger partial charge in [0.15, 0.2) is 5.82 Å². The van der Waals surface area contributed by atoms with Crippen LogP contribution < -0.4 is 0 Å². The summed E-state index contributed by atoms with van der Waals surface area (Å²) in [7, 11) is 0. The van der Waals surface area contributed by atoms with Crippen LogP contribution in [0.15, 0.2) is 24.3 Å². The molecule has 1 saturated carbocycles. The van der Waals surface area contributed by atoms with E-state index in [-0.39, 0.29) is 18.7 Å². The van der Waals surface area contributed by atoms with E-state index in [9.17, 15) is 19.1 Å². The van der Waals surface area contributed by atoms with Crippen molar-refractivity contribution < 1.29 is 19.1 Å². The summed E-state index contributed by atoms with van der Waals surface area (Å²) < 4.78 is 15.6. The molecule has 148 valence electrons. The Morgan fingerprint density at radius 3 is 2.72 bits per heavy atom. The number of hydrogen-bond donors (Lipinski definition) is 1. The monoisotopic (exact) mass is 395 g/mol. The normalized spacial score (nSPS) is 18.7. The van der Waals surface area contributed by atoms with E-state index < -0.39 is 23.7 Å². The number of amides is 1. The van der Waals surface area contributed by atoms with Gasteiger partial charge in [-0.3, -0.25) is 9.78 Å². The fourth-order valence-electron chi connectivity index (χ4n) is 3.88. The third-order valence-corrected chi connectivity index (χ3v) is 5.62. The molecule has 0 radical (unpaired) electrons. The lowest BCUT2D eigenvalue weighted by Gasteiger charge is -2.33. The minimum atomic E-state index is -1.11. The average molecular weight is 395 g/mol. The van der Waals surface area contributed by atoms with Crippen LogP contribution in [-0.4, -0.2) is 47.7 Å². The van der Waals surface area contributed by atoms with Gasteiger partial charge in [0.05, 0.1) is 24.2 Å². The maximum atomic E-state index is 13.9. The quantitative estimate of drug-likeness (QED) is 0.730. The van der Waals surface area contributed by atoms with E-state index in [0.717, 1.165) is 18.5 Å². The van der Waals surface area contributed by atoms with Gasteiger partial charge in [-0.25, -0.2) is 9.18 Å². The largest absolute Gasteiger partial charge is 0.480 e. The summed E-state index contributed by atoms with van der Waals surface area (Å²) in [4.78, 5) is 31.3. The molecule has 8 nitrogen and oxygen atoms in total. The minimum absolute atomic E-state index is 0.0224. The molecule has 2 aromatic heterocycles. The van der Waals surface area contributed by atoms with Crippen molar-refractivity contribution in [3.05, 3.63) is 53.0 Å². The number of carbonyl (C=O) groups excluding carboxylic acids is 1. The van der Waals surface area contributed by atoms with Crippen LogP contribution in [0, 0.1) is 12.7 Å². The van der Waals surface area contributed by atoms with Crippen molar-refractivity contribution >= 4 is 22.8 Å². The van der Waals surface area contributed by atoms with Crippen LogP contribution in [0.5, 0.6) is 0 Å². The zero-order valence-corrected chi connectivity index (χ0v) is 15.7. The number of aromatic nitrogens is 4. The number of carboxylic acids is 1. The number of halogens is 1. The third-order valence-electron chi connectivity index (χ3n) is 5.62. The van der Waals surface area contributed by atoms with E-state index in [4.69, 9.17) is 0 Å². The number of pyridine rings is 1. The maximum Gasteiger partial charge on any atom is 0.328 e. The molecule has 2 aliphatic rings. The number of rotatable bonds is 3. The molecule has 3 heterocycles. The molecule has 3 aromatic rings. The maximum absolute atomic E-state index is 13.9. The SMILES string of the molecule is Cc1nnc2n1CC(C(=O)O)N(C(=O)c1cc(C3CC3)nc3ccc(F)cc13)C2. The van der Waals surface area contributed by atoms with Gasteiger partial charge in [0, 0.05) is 17.0 Å². The van der Waals surface area contributed by atoms with E-state index in [1.807, 2.05) is 0 Å². The zero-order chi connectivity index (χ0) is 20.3. The van der Waals surface area contributed by atoms with Crippen molar-refractivity contribution in [2.45, 2.75) is 44.8 Å². The first-order chi connectivity index (χ1) is 13.9. The molecule has 1 fully saturated rings. The summed E-state index contributed by atoms with van der Waals surface area (Å²) in [6.07, 6.45) is 1.99. The Morgan fingerprint density at radius 1 is 1.21 bits per heavy atom. The van der Waals surface area contributed by atoms with Gasteiger partial charge in [-0.2, -0.15) is 0 Å². The molecule has 1 atom stereocenters. The van der Waals surface area contributed by atoms with Gasteiger partial charge >= 0.3 is 5.97 Å². The molecule has 29 heavy (non-hydrogen) atoms. The number of benzene rings is 1. The summed E-state index contributed by atoms with van der Waals surface area (Å²) in [5.74, 6) is -0.630. The minimum Gasteiger partial charge on any atom is -0.480 e. The first-order valence-corrected chi connectivity index (χ1v) is 9.45. The third kappa shape index (κ3) is 2.93. The number of nitrogens with zero attached hydrogens (tertiary/aromatic N) is 5. The lowest BCUT2D eigenvalue weighted by molar-refractivity contribution is -0.143. The van der Waals surface area contributed by atoms with E-state index in [0.29, 0.717) is 28.5 Å². The van der Waals surface area contributed by atoms with Gasteiger partial charge in [-0.1, -0.05) is 0 Å². The molecule has 1 N–H and O–H groups in total. The number of fused-ring (bicyclic) bond motifs is 2. The van der Waals surface area contributed by atoms with Gasteiger partial charge < -0.3 is 14.6 Å². The topological polar surface area (TPSA) is 101 Å². The highest BCUT2D eigenvalue weighted by atomic mass is 19.1. The second-order valence-electron chi connectivity index (χ2n) is 7.59. The van der Waals surface area contributed by atoms with Crippen LogP contribution in [0.3, 0.4) is 0 Å². The summed E-state index contributed by atoms with van der Waals surface area (Å²) in [6.45, 7) is 1.84. The molecule has 0 saturated heterocycles. The molecular formula is C20H18FN5O3. The molecular weight excluding hydrogens is 377 g/mol. The van der Waals surface area contributed by atoms with Gasteiger partial charge in [-0.05, 0) is 44.0 Å². The molecule has 5 rings (SSSR count). The van der Waals surface area contributed by atoms with Crippen molar-refractivity contribution in [3.8, 4) is 0 Å². The summed E-state index contributed by atoms with van der Waals surface area (Å²) in [5.41, 5.74) is 1.59. The highest BCUT2D eigenvalue weighted by molar-refractivity contribution is 6.07. The first kappa shape index (κ1) is 17.7. The molecule has 9 heteroatoms. The van der Waals surface area contributed by atoms with Gasteiger partial charge in [0.1, 0.15) is 17.7 Å². The Bertz CT molecular complexity index is 1170. The van der Waals surface area contributed by atoms with Crippen LogP contribution in [0.4, 0.5) is 4.39 Å². The van der Waals surface area contributed by atoms with Crippen molar-refractivity contribution in [2.75, 3.05) is 0 Å². The van der Waals surface area contributed by atoms with Crippen LogP contribution in [0.2, 0.25) is 0 Å². The van der Waals surface area contributed by atoms with E-state index in [2.05, 4.69) is 15.2 Å². The molecule has 0 bridgehead atoms. The summed E-state index contributed by atoms with van der Waals surface area (Å²) >= 11 is 0. The predicted molar refractivity (Wildman–Crippen MR) is 99.7 cm³/mol. The second kappa shape index (κ2) is 6.33. The first-order valence-electron chi connectivity index (χ1n) is 9.45. The van der Waals surface area contributed by atoms with E-state index in [1.54, 1.807) is 23.6 Å². The van der Waals surface area contributed by atoms with Crippen LogP contribution in [0.25, 0.3) is 10.9 Å². The van der Waals surface area contributed by atoms with Crippen LogP contribution in [-0.2, 0) is 17.9 Å². The fraction of sp³-hybridized carbons (Fsp3) is 0.350. The highest BCUT2D eigenvalue weighted by Crippen LogP contribution is 2.40. The summed E-state index contributed by atoms with van der Waals surface area (Å²) in [6, 6.07) is 4.76. The number of carboxylic acid groups (broad SMARTS) is 1. The number of aryl methyl sites for hydroxylation is 1. The fourth-order valence-corrected chi connectivity index (χ4v) is 3.88.